The molecule has 0 atom stereocenters. The molecule has 0 heterocycles. The van der Waals surface area contributed by atoms with Gasteiger partial charge in [-0.15, -0.1) is 0 Å². The van der Waals surface area contributed by atoms with Crippen LogP contribution < -0.4 is 9.47 Å². The van der Waals surface area contributed by atoms with Crippen LogP contribution in [0.3, 0.4) is 0 Å². The Labute approximate surface area is 118 Å². The first-order chi connectivity index (χ1) is 9.58. The van der Waals surface area contributed by atoms with E-state index in [1.807, 2.05) is 12.1 Å². The van der Waals surface area contributed by atoms with E-state index in [2.05, 4.69) is 0 Å². The maximum absolute atomic E-state index is 11.7. The number of carbonyl (C=O) groups is 1. The smallest absolute Gasteiger partial charge is 0.314 e. The Morgan fingerprint density at radius 1 is 1.20 bits per heavy atom. The van der Waals surface area contributed by atoms with Gasteiger partial charge in [-0.25, -0.2) is 0 Å². The molecule has 0 bridgehead atoms. The van der Waals surface area contributed by atoms with Gasteiger partial charge < -0.3 is 19.3 Å². The lowest BCUT2D eigenvalue weighted by Crippen LogP contribution is -2.42. The Kier molecular flexibility index (Phi) is 4.18. The van der Waals surface area contributed by atoms with Crippen molar-refractivity contribution in [1.29, 1.82) is 0 Å². The predicted octanol–water partition coefficient (Wildman–Crippen LogP) is 2.36. The maximum Gasteiger partial charge on any atom is 0.314 e. The Bertz CT molecular complexity index is 480. The zero-order valence-electron chi connectivity index (χ0n) is 12.1. The number of benzene rings is 1. The lowest BCUT2D eigenvalue weighted by atomic mass is 9.63. The minimum Gasteiger partial charge on any atom is -0.496 e. The summed E-state index contributed by atoms with van der Waals surface area (Å²) in [4.78, 5) is 11.7. The second-order valence-corrected chi connectivity index (χ2v) is 5.05. The van der Waals surface area contributed by atoms with Crippen molar-refractivity contribution in [1.82, 2.24) is 0 Å². The molecule has 5 heteroatoms. The molecule has 0 aliphatic heterocycles. The number of aliphatic carboxylic acids is 1. The molecule has 5 nitrogen and oxygen atoms in total. The Hall–Kier alpha value is -1.75. The molecular weight excluding hydrogens is 260 g/mol. The molecule has 1 aliphatic rings. The summed E-state index contributed by atoms with van der Waals surface area (Å²) in [6.45, 7) is 0.424. The highest BCUT2D eigenvalue weighted by atomic mass is 16.5. The standard InChI is InChI=1S/C15H20O5/c1-18-9-10-7-11(19-2)13(12(8-10)20-3)15(14(16)17)5-4-6-15/h7-8H,4-6,9H2,1-3H3,(H,16,17). The van der Waals surface area contributed by atoms with Crippen LogP contribution in [0.2, 0.25) is 0 Å². The molecular formula is C15H20O5. The third-order valence-corrected chi connectivity index (χ3v) is 3.97. The Balaban J connectivity index is 2.58. The molecule has 2 rings (SSSR count). The van der Waals surface area contributed by atoms with E-state index in [0.717, 1.165) is 12.0 Å². The number of ether oxygens (including phenoxy) is 3. The van der Waals surface area contributed by atoms with E-state index in [4.69, 9.17) is 14.2 Å². The number of hydrogen-bond donors (Lipinski definition) is 1. The zero-order chi connectivity index (χ0) is 14.8. The van der Waals surface area contributed by atoms with Crippen LogP contribution >= 0.6 is 0 Å². The molecule has 0 amide bonds. The highest BCUT2D eigenvalue weighted by molar-refractivity contribution is 5.85. The fourth-order valence-electron chi connectivity index (χ4n) is 2.79. The normalized spacial score (nSPS) is 16.4. The van der Waals surface area contributed by atoms with Gasteiger partial charge in [0.05, 0.1) is 31.8 Å². The maximum atomic E-state index is 11.7. The van der Waals surface area contributed by atoms with Crippen LogP contribution in [0, 0.1) is 0 Å². The van der Waals surface area contributed by atoms with E-state index in [-0.39, 0.29) is 0 Å². The fourth-order valence-corrected chi connectivity index (χ4v) is 2.79. The van der Waals surface area contributed by atoms with Gasteiger partial charge in [0.2, 0.25) is 0 Å². The van der Waals surface area contributed by atoms with Crippen LogP contribution in [0.5, 0.6) is 11.5 Å². The summed E-state index contributed by atoms with van der Waals surface area (Å²) < 4.78 is 15.9. The minimum atomic E-state index is -0.887. The molecule has 1 aromatic carbocycles. The molecule has 20 heavy (non-hydrogen) atoms. The Morgan fingerprint density at radius 2 is 1.75 bits per heavy atom. The average molecular weight is 280 g/mol. The summed E-state index contributed by atoms with van der Waals surface area (Å²) in [6, 6.07) is 3.65. The first-order valence-electron chi connectivity index (χ1n) is 6.56. The summed E-state index contributed by atoms with van der Waals surface area (Å²) in [5.41, 5.74) is 0.647. The van der Waals surface area contributed by atoms with Crippen LogP contribution in [-0.2, 0) is 21.6 Å². The van der Waals surface area contributed by atoms with Gasteiger partial charge in [0.15, 0.2) is 0 Å². The van der Waals surface area contributed by atoms with Gasteiger partial charge in [-0.05, 0) is 30.5 Å². The third kappa shape index (κ3) is 2.22. The van der Waals surface area contributed by atoms with Crippen LogP contribution in [0.1, 0.15) is 30.4 Å². The lowest BCUT2D eigenvalue weighted by molar-refractivity contribution is -0.147. The number of methoxy groups -OCH3 is 3. The van der Waals surface area contributed by atoms with Crippen LogP contribution in [-0.4, -0.2) is 32.4 Å². The molecule has 0 saturated heterocycles. The van der Waals surface area contributed by atoms with Gasteiger partial charge in [0.25, 0.3) is 0 Å². The summed E-state index contributed by atoms with van der Waals surface area (Å²) in [6.07, 6.45) is 2.12. The van der Waals surface area contributed by atoms with Gasteiger partial charge in [-0.1, -0.05) is 6.42 Å². The van der Waals surface area contributed by atoms with E-state index < -0.39 is 11.4 Å². The molecule has 1 aliphatic carbocycles. The van der Waals surface area contributed by atoms with Gasteiger partial charge in [-0.3, -0.25) is 4.79 Å². The fraction of sp³-hybridized carbons (Fsp3) is 0.533. The zero-order valence-corrected chi connectivity index (χ0v) is 12.1. The van der Waals surface area contributed by atoms with Crippen molar-refractivity contribution in [2.24, 2.45) is 0 Å². The van der Waals surface area contributed by atoms with Gasteiger partial charge in [-0.2, -0.15) is 0 Å². The van der Waals surface area contributed by atoms with Crippen LogP contribution in [0.4, 0.5) is 0 Å². The van der Waals surface area contributed by atoms with E-state index in [1.54, 1.807) is 21.3 Å². The molecule has 0 aromatic heterocycles. The van der Waals surface area contributed by atoms with Crippen molar-refractivity contribution < 1.29 is 24.1 Å². The van der Waals surface area contributed by atoms with E-state index in [9.17, 15) is 9.90 Å². The number of hydrogen-bond acceptors (Lipinski definition) is 4. The number of rotatable bonds is 6. The van der Waals surface area contributed by atoms with Gasteiger partial charge in [0.1, 0.15) is 11.5 Å². The average Bonchev–Trinajstić information content (AvgIpc) is 2.38. The van der Waals surface area contributed by atoms with Crippen LogP contribution in [0.15, 0.2) is 12.1 Å². The van der Waals surface area contributed by atoms with E-state index >= 15 is 0 Å². The second kappa shape index (κ2) is 5.71. The van der Waals surface area contributed by atoms with E-state index in [0.29, 0.717) is 36.5 Å². The number of carboxylic acid groups (broad SMARTS) is 1. The van der Waals surface area contributed by atoms with Crippen molar-refractivity contribution in [3.05, 3.63) is 23.3 Å². The monoisotopic (exact) mass is 280 g/mol. The largest absolute Gasteiger partial charge is 0.496 e. The molecule has 0 spiro atoms. The predicted molar refractivity (Wildman–Crippen MR) is 73.4 cm³/mol. The first kappa shape index (κ1) is 14.7. The first-order valence-corrected chi connectivity index (χ1v) is 6.56. The van der Waals surface area contributed by atoms with Gasteiger partial charge in [0, 0.05) is 7.11 Å². The van der Waals surface area contributed by atoms with Gasteiger partial charge >= 0.3 is 5.97 Å². The second-order valence-electron chi connectivity index (χ2n) is 5.05. The molecule has 1 aromatic rings. The van der Waals surface area contributed by atoms with E-state index in [1.165, 1.54) is 0 Å². The topological polar surface area (TPSA) is 65.0 Å². The summed E-state index contributed by atoms with van der Waals surface area (Å²) in [5.74, 6) is 0.289. The summed E-state index contributed by atoms with van der Waals surface area (Å²) >= 11 is 0. The van der Waals surface area contributed by atoms with Crippen LogP contribution in [0.25, 0.3) is 0 Å². The minimum absolute atomic E-state index is 0.424. The summed E-state index contributed by atoms with van der Waals surface area (Å²) in [5, 5.41) is 9.61. The molecule has 0 radical (unpaired) electrons. The Morgan fingerprint density at radius 3 is 2.05 bits per heavy atom. The third-order valence-electron chi connectivity index (χ3n) is 3.97. The summed E-state index contributed by atoms with van der Waals surface area (Å²) in [7, 11) is 4.70. The number of carboxylic acids is 1. The highest BCUT2D eigenvalue weighted by Gasteiger charge is 2.49. The van der Waals surface area contributed by atoms with Crippen molar-refractivity contribution >= 4 is 5.97 Å². The SMILES string of the molecule is COCc1cc(OC)c(C2(C(=O)O)CCC2)c(OC)c1. The van der Waals surface area contributed by atoms with Crippen molar-refractivity contribution in [3.8, 4) is 11.5 Å². The molecule has 110 valence electrons. The quantitative estimate of drug-likeness (QED) is 0.866. The molecule has 1 N–H and O–H groups in total. The molecule has 1 fully saturated rings. The van der Waals surface area contributed by atoms with Crippen molar-refractivity contribution in [3.63, 3.8) is 0 Å². The lowest BCUT2D eigenvalue weighted by Gasteiger charge is -2.39. The van der Waals surface area contributed by atoms with Crippen molar-refractivity contribution in [2.45, 2.75) is 31.3 Å². The molecule has 0 unspecified atom stereocenters. The van der Waals surface area contributed by atoms with Crippen molar-refractivity contribution in [2.75, 3.05) is 21.3 Å². The highest BCUT2D eigenvalue weighted by Crippen LogP contribution is 2.51. The molecule has 1 saturated carbocycles.